The highest BCUT2D eigenvalue weighted by molar-refractivity contribution is 7.13. The zero-order valence-corrected chi connectivity index (χ0v) is 14.0. The largest absolute Gasteiger partial charge is 0.478 e. The normalized spacial score (nSPS) is 20.8. The number of aromatic nitrogens is 1. The van der Waals surface area contributed by atoms with E-state index in [2.05, 4.69) is 20.8 Å². The third-order valence-electron chi connectivity index (χ3n) is 3.30. The van der Waals surface area contributed by atoms with Gasteiger partial charge in [0.1, 0.15) is 11.7 Å². The molecule has 1 aliphatic heterocycles. The number of rotatable bonds is 6. The first kappa shape index (κ1) is 17.7. The van der Waals surface area contributed by atoms with Gasteiger partial charge in [-0.2, -0.15) is 0 Å². The molecule has 2 amide bonds. The second-order valence-corrected chi connectivity index (χ2v) is 6.56. The lowest BCUT2D eigenvalue weighted by Gasteiger charge is -2.34. The highest BCUT2D eigenvalue weighted by atomic mass is 32.1. The summed E-state index contributed by atoms with van der Waals surface area (Å²) in [7, 11) is 0. The molecule has 5 N–H and O–H groups in total. The number of carbonyl (C=O) groups excluding carboxylic acids is 2. The van der Waals surface area contributed by atoms with Crippen LogP contribution in [0.5, 0.6) is 0 Å². The minimum absolute atomic E-state index is 0.128. The molecule has 24 heavy (non-hydrogen) atoms. The van der Waals surface area contributed by atoms with Gasteiger partial charge in [-0.05, 0) is 20.8 Å². The Hall–Kier alpha value is -2.69. The SMILES string of the molecule is CC1NC(=O)C1NC(=O)/C(=N\OC(C)(C)C(=O)O)c1csc(N)n1. The highest BCUT2D eigenvalue weighted by Gasteiger charge is 2.38. The third kappa shape index (κ3) is 3.62. The van der Waals surface area contributed by atoms with Crippen molar-refractivity contribution in [2.24, 2.45) is 5.16 Å². The maximum atomic E-state index is 12.4. The molecule has 1 saturated heterocycles. The molecule has 2 unspecified atom stereocenters. The molecular formula is C13H17N5O5S. The minimum atomic E-state index is -1.64. The van der Waals surface area contributed by atoms with E-state index < -0.39 is 23.5 Å². The number of hydrogen-bond acceptors (Lipinski definition) is 8. The van der Waals surface area contributed by atoms with Crippen LogP contribution in [0.2, 0.25) is 0 Å². The molecule has 1 aromatic rings. The summed E-state index contributed by atoms with van der Waals surface area (Å²) in [5.74, 6) is -2.29. The number of anilines is 1. The van der Waals surface area contributed by atoms with Gasteiger partial charge in [0.15, 0.2) is 10.8 Å². The summed E-state index contributed by atoms with van der Waals surface area (Å²) in [6.45, 7) is 4.30. The number of oxime groups is 1. The summed E-state index contributed by atoms with van der Waals surface area (Å²) in [5, 5.41) is 19.5. The quantitative estimate of drug-likeness (QED) is 0.299. The number of nitrogens with one attached hydrogen (secondary N) is 2. The molecule has 130 valence electrons. The molecule has 2 atom stereocenters. The van der Waals surface area contributed by atoms with Gasteiger partial charge >= 0.3 is 5.97 Å². The molecule has 0 saturated carbocycles. The van der Waals surface area contributed by atoms with Crippen molar-refractivity contribution in [3.63, 3.8) is 0 Å². The summed E-state index contributed by atoms with van der Waals surface area (Å²) >= 11 is 1.08. The fourth-order valence-corrected chi connectivity index (χ4v) is 2.28. The molecule has 0 aliphatic carbocycles. The van der Waals surface area contributed by atoms with Gasteiger partial charge in [-0.15, -0.1) is 11.3 Å². The maximum Gasteiger partial charge on any atom is 0.350 e. The smallest absolute Gasteiger partial charge is 0.350 e. The summed E-state index contributed by atoms with van der Waals surface area (Å²) in [6, 6.07) is -0.925. The number of amides is 2. The number of β-lactam (4-membered cyclic amide) rings is 1. The Bertz CT molecular complexity index is 713. The van der Waals surface area contributed by atoms with Crippen molar-refractivity contribution in [2.75, 3.05) is 5.73 Å². The lowest BCUT2D eigenvalue weighted by Crippen LogP contribution is -2.68. The highest BCUT2D eigenvalue weighted by Crippen LogP contribution is 2.15. The molecule has 1 fully saturated rings. The predicted molar refractivity (Wildman–Crippen MR) is 85.4 cm³/mol. The van der Waals surface area contributed by atoms with Crippen molar-refractivity contribution in [1.29, 1.82) is 0 Å². The molecule has 1 aromatic heterocycles. The van der Waals surface area contributed by atoms with Crippen molar-refractivity contribution < 1.29 is 24.3 Å². The molecule has 11 heteroatoms. The molecule has 10 nitrogen and oxygen atoms in total. The van der Waals surface area contributed by atoms with Crippen molar-refractivity contribution in [3.05, 3.63) is 11.1 Å². The summed E-state index contributed by atoms with van der Waals surface area (Å²) < 4.78 is 0. The average molecular weight is 355 g/mol. The number of nitrogen functional groups attached to an aromatic ring is 1. The molecular weight excluding hydrogens is 338 g/mol. The minimum Gasteiger partial charge on any atom is -0.478 e. The Morgan fingerprint density at radius 1 is 1.54 bits per heavy atom. The van der Waals surface area contributed by atoms with Gasteiger partial charge in [0.25, 0.3) is 5.91 Å². The van der Waals surface area contributed by atoms with Gasteiger partial charge in [0.2, 0.25) is 11.5 Å². The number of carboxylic acids is 1. The van der Waals surface area contributed by atoms with Crippen molar-refractivity contribution in [3.8, 4) is 0 Å². The van der Waals surface area contributed by atoms with Crippen molar-refractivity contribution in [1.82, 2.24) is 15.6 Å². The fourth-order valence-electron chi connectivity index (χ4n) is 1.73. The molecule has 2 rings (SSSR count). The number of thiazole rings is 1. The van der Waals surface area contributed by atoms with Crippen LogP contribution < -0.4 is 16.4 Å². The number of carbonyl (C=O) groups is 3. The topological polar surface area (TPSA) is 156 Å². The van der Waals surface area contributed by atoms with E-state index in [4.69, 9.17) is 15.7 Å². The van der Waals surface area contributed by atoms with E-state index in [0.717, 1.165) is 11.3 Å². The third-order valence-corrected chi connectivity index (χ3v) is 3.97. The van der Waals surface area contributed by atoms with Crippen LogP contribution >= 0.6 is 11.3 Å². The van der Waals surface area contributed by atoms with E-state index >= 15 is 0 Å². The first-order valence-corrected chi connectivity index (χ1v) is 7.82. The van der Waals surface area contributed by atoms with E-state index in [-0.39, 0.29) is 28.5 Å². The first-order chi connectivity index (χ1) is 11.1. The second kappa shape index (κ2) is 6.43. The zero-order valence-electron chi connectivity index (χ0n) is 13.2. The van der Waals surface area contributed by atoms with Gasteiger partial charge in [0.05, 0.1) is 6.04 Å². The lowest BCUT2D eigenvalue weighted by molar-refractivity contribution is -0.161. The molecule has 0 radical (unpaired) electrons. The van der Waals surface area contributed by atoms with E-state index in [1.807, 2.05) is 0 Å². The van der Waals surface area contributed by atoms with Crippen LogP contribution in [0, 0.1) is 0 Å². The molecule has 2 heterocycles. The number of hydrogen-bond donors (Lipinski definition) is 4. The lowest BCUT2D eigenvalue weighted by atomic mass is 10.0. The summed E-state index contributed by atoms with van der Waals surface area (Å²) in [5.41, 5.74) is 3.77. The van der Waals surface area contributed by atoms with Crippen LogP contribution in [0.4, 0.5) is 5.13 Å². The molecule has 0 spiro atoms. The van der Waals surface area contributed by atoms with Crippen LogP contribution in [0.15, 0.2) is 10.5 Å². The Kier molecular flexibility index (Phi) is 4.73. The predicted octanol–water partition coefficient (Wildman–Crippen LogP) is -0.688. The van der Waals surface area contributed by atoms with Crippen LogP contribution in [0.3, 0.4) is 0 Å². The summed E-state index contributed by atoms with van der Waals surface area (Å²) in [6.07, 6.45) is 0. The Labute approximate surface area is 141 Å². The van der Waals surface area contributed by atoms with Crippen molar-refractivity contribution in [2.45, 2.75) is 38.5 Å². The monoisotopic (exact) mass is 355 g/mol. The standard InChI is InChI=1S/C13H17N5O5S/c1-5-7(9(19)15-5)17-10(20)8(6-4-24-12(14)16-6)18-23-13(2,3)11(21)22/h4-5,7H,1-3H3,(H2,14,16)(H,15,19)(H,17,20)(H,21,22)/b18-8-. The van der Waals surface area contributed by atoms with Crippen LogP contribution in [0.1, 0.15) is 26.5 Å². The summed E-state index contributed by atoms with van der Waals surface area (Å²) in [4.78, 5) is 43.8. The van der Waals surface area contributed by atoms with Crippen LogP contribution in [-0.4, -0.2) is 51.3 Å². The van der Waals surface area contributed by atoms with Gasteiger partial charge in [-0.3, -0.25) is 9.59 Å². The van der Waals surface area contributed by atoms with E-state index in [1.165, 1.54) is 19.2 Å². The second-order valence-electron chi connectivity index (χ2n) is 5.67. The zero-order chi connectivity index (χ0) is 18.1. The Balaban J connectivity index is 2.24. The van der Waals surface area contributed by atoms with E-state index in [9.17, 15) is 14.4 Å². The van der Waals surface area contributed by atoms with Crippen molar-refractivity contribution >= 4 is 40.0 Å². The van der Waals surface area contributed by atoms with Gasteiger partial charge < -0.3 is 26.3 Å². The van der Waals surface area contributed by atoms with E-state index in [0.29, 0.717) is 0 Å². The maximum absolute atomic E-state index is 12.4. The Morgan fingerprint density at radius 2 is 2.21 bits per heavy atom. The molecule has 1 aliphatic rings. The van der Waals surface area contributed by atoms with Gasteiger partial charge in [-0.25, -0.2) is 9.78 Å². The molecule has 0 aromatic carbocycles. The van der Waals surface area contributed by atoms with Crippen LogP contribution in [0.25, 0.3) is 0 Å². The number of nitrogens with two attached hydrogens (primary N) is 1. The number of nitrogens with zero attached hydrogens (tertiary/aromatic N) is 2. The van der Waals surface area contributed by atoms with Gasteiger partial charge in [0, 0.05) is 5.38 Å². The molecule has 0 bridgehead atoms. The average Bonchev–Trinajstić information content (AvgIpc) is 2.91. The van der Waals surface area contributed by atoms with Gasteiger partial charge in [-0.1, -0.05) is 5.16 Å². The van der Waals surface area contributed by atoms with E-state index in [1.54, 1.807) is 6.92 Å². The van der Waals surface area contributed by atoms with Crippen LogP contribution in [-0.2, 0) is 19.2 Å². The fraction of sp³-hybridized carbons (Fsp3) is 0.462. The number of aliphatic carboxylic acids is 1. The Morgan fingerprint density at radius 3 is 2.67 bits per heavy atom. The number of carboxylic acid groups (broad SMARTS) is 1. The first-order valence-electron chi connectivity index (χ1n) is 6.94.